The number of rotatable bonds is 4. The number of amides is 2. The van der Waals surface area contributed by atoms with E-state index >= 15 is 0 Å². The van der Waals surface area contributed by atoms with Gasteiger partial charge in [-0.25, -0.2) is 0 Å². The van der Waals surface area contributed by atoms with E-state index in [-0.39, 0.29) is 23.9 Å². The van der Waals surface area contributed by atoms with Crippen LogP contribution in [0, 0.1) is 5.92 Å². The summed E-state index contributed by atoms with van der Waals surface area (Å²) in [5, 5.41) is 2.90. The van der Waals surface area contributed by atoms with E-state index in [4.69, 9.17) is 0 Å². The molecule has 4 heteroatoms. The molecule has 1 aromatic carbocycles. The van der Waals surface area contributed by atoms with Gasteiger partial charge in [0.05, 0.1) is 0 Å². The predicted octanol–water partition coefficient (Wildman–Crippen LogP) is 2.26. The third kappa shape index (κ3) is 2.43. The van der Waals surface area contributed by atoms with Crippen LogP contribution in [0.1, 0.15) is 44.7 Å². The highest BCUT2D eigenvalue weighted by Gasteiger charge is 2.51. The molecule has 1 heterocycles. The van der Waals surface area contributed by atoms with Crippen molar-refractivity contribution in [2.45, 2.75) is 51.2 Å². The molecule has 1 N–H and O–H groups in total. The Morgan fingerprint density at radius 2 is 1.86 bits per heavy atom. The second kappa shape index (κ2) is 5.51. The fraction of sp³-hybridized carbons (Fsp3) is 0.529. The maximum atomic E-state index is 12.9. The first kappa shape index (κ1) is 14.1. The quantitative estimate of drug-likeness (QED) is 0.923. The molecule has 21 heavy (non-hydrogen) atoms. The lowest BCUT2D eigenvalue weighted by Crippen LogP contribution is -2.60. The first-order valence-electron chi connectivity index (χ1n) is 7.84. The van der Waals surface area contributed by atoms with Crippen molar-refractivity contribution in [2.75, 3.05) is 0 Å². The van der Waals surface area contributed by atoms with Gasteiger partial charge in [0.25, 0.3) is 5.91 Å². The zero-order chi connectivity index (χ0) is 15.0. The van der Waals surface area contributed by atoms with Crippen molar-refractivity contribution in [1.82, 2.24) is 10.2 Å². The summed E-state index contributed by atoms with van der Waals surface area (Å²) >= 11 is 0. The Hall–Kier alpha value is -1.84. The van der Waals surface area contributed by atoms with E-state index in [1.165, 1.54) is 0 Å². The molecule has 2 aliphatic rings. The first-order chi connectivity index (χ1) is 10.2. The van der Waals surface area contributed by atoms with Gasteiger partial charge < -0.3 is 10.2 Å². The molecule has 1 saturated heterocycles. The minimum absolute atomic E-state index is 0.0206. The van der Waals surface area contributed by atoms with E-state index < -0.39 is 6.04 Å². The van der Waals surface area contributed by atoms with Crippen LogP contribution in [0.5, 0.6) is 0 Å². The number of hydrogen-bond donors (Lipinski definition) is 1. The van der Waals surface area contributed by atoms with E-state index in [0.717, 1.165) is 18.4 Å². The van der Waals surface area contributed by atoms with Crippen molar-refractivity contribution in [3.05, 3.63) is 35.9 Å². The predicted molar refractivity (Wildman–Crippen MR) is 80.4 cm³/mol. The van der Waals surface area contributed by atoms with E-state index in [9.17, 15) is 9.59 Å². The molecular weight excluding hydrogens is 264 g/mol. The molecule has 1 saturated carbocycles. The van der Waals surface area contributed by atoms with Gasteiger partial charge in [-0.05, 0) is 24.3 Å². The first-order valence-corrected chi connectivity index (χ1v) is 7.84. The summed E-state index contributed by atoms with van der Waals surface area (Å²) in [7, 11) is 0. The smallest absolute Gasteiger partial charge is 0.250 e. The van der Waals surface area contributed by atoms with Crippen molar-refractivity contribution in [1.29, 1.82) is 0 Å². The molecule has 1 aliphatic carbocycles. The summed E-state index contributed by atoms with van der Waals surface area (Å²) < 4.78 is 0. The molecule has 0 spiro atoms. The van der Waals surface area contributed by atoms with Crippen molar-refractivity contribution < 1.29 is 9.59 Å². The third-order valence-corrected chi connectivity index (χ3v) is 4.71. The highest BCUT2D eigenvalue weighted by atomic mass is 16.2. The molecular formula is C17H22N2O2. The van der Waals surface area contributed by atoms with Crippen LogP contribution < -0.4 is 5.32 Å². The monoisotopic (exact) mass is 286 g/mol. The summed E-state index contributed by atoms with van der Waals surface area (Å²) in [6, 6.07) is 8.94. The van der Waals surface area contributed by atoms with E-state index in [0.29, 0.717) is 12.3 Å². The highest BCUT2D eigenvalue weighted by Crippen LogP contribution is 2.42. The molecule has 1 aromatic rings. The van der Waals surface area contributed by atoms with Gasteiger partial charge in [0.15, 0.2) is 0 Å². The molecule has 2 amide bonds. The number of carbonyl (C=O) groups is 2. The lowest BCUT2D eigenvalue weighted by molar-refractivity contribution is -0.150. The van der Waals surface area contributed by atoms with Gasteiger partial charge in [-0.2, -0.15) is 0 Å². The molecule has 3 rings (SSSR count). The summed E-state index contributed by atoms with van der Waals surface area (Å²) in [6.07, 6.45) is 2.78. The fourth-order valence-electron chi connectivity index (χ4n) is 3.39. The SMILES string of the molecule is CCC1CC1N1C(=O)C(c2ccccc2)NC(=O)C1CC. The molecule has 0 radical (unpaired) electrons. The molecule has 0 aromatic heterocycles. The Balaban J connectivity index is 1.89. The van der Waals surface area contributed by atoms with Crippen LogP contribution in [0.2, 0.25) is 0 Å². The number of benzene rings is 1. The summed E-state index contributed by atoms with van der Waals surface area (Å²) in [6.45, 7) is 4.12. The van der Waals surface area contributed by atoms with Crippen LogP contribution in [0.4, 0.5) is 0 Å². The number of nitrogens with zero attached hydrogens (tertiary/aromatic N) is 1. The van der Waals surface area contributed by atoms with Gasteiger partial charge in [-0.15, -0.1) is 0 Å². The van der Waals surface area contributed by atoms with Crippen LogP contribution in [0.3, 0.4) is 0 Å². The molecule has 2 fully saturated rings. The van der Waals surface area contributed by atoms with Crippen LogP contribution in [0.15, 0.2) is 30.3 Å². The van der Waals surface area contributed by atoms with Crippen LogP contribution in [-0.4, -0.2) is 28.8 Å². The Morgan fingerprint density at radius 3 is 2.43 bits per heavy atom. The normalized spacial score (nSPS) is 32.0. The molecule has 4 unspecified atom stereocenters. The lowest BCUT2D eigenvalue weighted by atomic mass is 9.98. The van der Waals surface area contributed by atoms with Gasteiger partial charge in [-0.1, -0.05) is 50.6 Å². The van der Waals surface area contributed by atoms with Crippen LogP contribution in [-0.2, 0) is 9.59 Å². The number of nitrogens with one attached hydrogen (secondary N) is 1. The van der Waals surface area contributed by atoms with Crippen molar-refractivity contribution >= 4 is 11.8 Å². The Bertz CT molecular complexity index is 543. The second-order valence-electron chi connectivity index (χ2n) is 5.99. The number of carbonyl (C=O) groups excluding carboxylic acids is 2. The molecule has 4 nitrogen and oxygen atoms in total. The molecule has 0 bridgehead atoms. The molecule has 112 valence electrons. The lowest BCUT2D eigenvalue weighted by Gasteiger charge is -2.39. The van der Waals surface area contributed by atoms with Crippen molar-refractivity contribution in [2.24, 2.45) is 5.92 Å². The van der Waals surface area contributed by atoms with E-state index in [1.807, 2.05) is 42.2 Å². The van der Waals surface area contributed by atoms with E-state index in [1.54, 1.807) is 0 Å². The standard InChI is InChI=1S/C17H22N2O2/c1-3-11-10-14(11)19-13(4-2)16(20)18-15(17(19)21)12-8-6-5-7-9-12/h5-9,11,13-15H,3-4,10H2,1-2H3,(H,18,20). The topological polar surface area (TPSA) is 49.4 Å². The van der Waals surface area contributed by atoms with Gasteiger partial charge in [0.1, 0.15) is 12.1 Å². The van der Waals surface area contributed by atoms with E-state index in [2.05, 4.69) is 12.2 Å². The van der Waals surface area contributed by atoms with Gasteiger partial charge in [0.2, 0.25) is 5.91 Å². The van der Waals surface area contributed by atoms with Gasteiger partial charge >= 0.3 is 0 Å². The summed E-state index contributed by atoms with van der Waals surface area (Å²) in [4.78, 5) is 27.1. The zero-order valence-electron chi connectivity index (χ0n) is 12.6. The van der Waals surface area contributed by atoms with Gasteiger partial charge in [0, 0.05) is 6.04 Å². The van der Waals surface area contributed by atoms with Crippen molar-refractivity contribution in [3.63, 3.8) is 0 Å². The fourth-order valence-corrected chi connectivity index (χ4v) is 3.39. The summed E-state index contributed by atoms with van der Waals surface area (Å²) in [5.41, 5.74) is 0.865. The minimum atomic E-state index is -0.528. The maximum Gasteiger partial charge on any atom is 0.250 e. The average molecular weight is 286 g/mol. The zero-order valence-corrected chi connectivity index (χ0v) is 12.6. The van der Waals surface area contributed by atoms with Crippen LogP contribution in [0.25, 0.3) is 0 Å². The second-order valence-corrected chi connectivity index (χ2v) is 5.99. The minimum Gasteiger partial charge on any atom is -0.339 e. The third-order valence-electron chi connectivity index (χ3n) is 4.71. The average Bonchev–Trinajstić information content (AvgIpc) is 3.29. The number of piperazine rings is 1. The highest BCUT2D eigenvalue weighted by molar-refractivity contribution is 5.97. The number of hydrogen-bond acceptors (Lipinski definition) is 2. The molecule has 4 atom stereocenters. The summed E-state index contributed by atoms with van der Waals surface area (Å²) in [5.74, 6) is 0.589. The van der Waals surface area contributed by atoms with Crippen molar-refractivity contribution in [3.8, 4) is 0 Å². The maximum absolute atomic E-state index is 12.9. The van der Waals surface area contributed by atoms with Gasteiger partial charge in [-0.3, -0.25) is 9.59 Å². The van der Waals surface area contributed by atoms with Crippen LogP contribution >= 0.6 is 0 Å². The Labute approximate surface area is 125 Å². The Morgan fingerprint density at radius 1 is 1.14 bits per heavy atom. The molecule has 1 aliphatic heterocycles. The Kier molecular flexibility index (Phi) is 3.70. The largest absolute Gasteiger partial charge is 0.339 e.